The summed E-state index contributed by atoms with van der Waals surface area (Å²) in [5, 5.41) is 18.4. The second kappa shape index (κ2) is 34.3. The van der Waals surface area contributed by atoms with Gasteiger partial charge in [0, 0.05) is 76.1 Å². The van der Waals surface area contributed by atoms with Crippen molar-refractivity contribution in [3.05, 3.63) is 594 Å². The lowest BCUT2D eigenvalue weighted by Gasteiger charge is -2.39. The molecule has 0 bridgehead atoms. The zero-order valence-corrected chi connectivity index (χ0v) is 81.6. The minimum absolute atomic E-state index is 0. The van der Waals surface area contributed by atoms with E-state index >= 15 is 0 Å². The Hall–Kier alpha value is -17.2. The molecule has 30 rings (SSSR count). The van der Waals surface area contributed by atoms with Gasteiger partial charge in [-0.1, -0.05) is 448 Å². The van der Waals surface area contributed by atoms with Gasteiger partial charge in [-0.15, -0.1) is 0 Å². The van der Waals surface area contributed by atoms with Gasteiger partial charge in [0.05, 0.1) is 43.9 Å². The summed E-state index contributed by atoms with van der Waals surface area (Å²) in [6.07, 6.45) is 1.00. The zero-order chi connectivity index (χ0) is 94.5. The van der Waals surface area contributed by atoms with E-state index < -0.39 is 21.6 Å². The molecular formula is C136H94BrN3O2Si2. The monoisotopic (exact) mass is 1940 g/mol. The van der Waals surface area contributed by atoms with Gasteiger partial charge in [-0.25, -0.2) is 0 Å². The molecule has 8 heteroatoms. The number of fused-ring (bicyclic) bond motifs is 30. The van der Waals surface area contributed by atoms with Gasteiger partial charge in [0.25, 0.3) is 0 Å². The Labute approximate surface area is 847 Å². The van der Waals surface area contributed by atoms with E-state index in [0.717, 1.165) is 61.9 Å². The summed E-state index contributed by atoms with van der Waals surface area (Å²) in [6, 6.07) is 197. The molecule has 0 saturated carbocycles. The van der Waals surface area contributed by atoms with Gasteiger partial charge < -0.3 is 23.2 Å². The lowest BCUT2D eigenvalue weighted by molar-refractivity contribution is 0.436. The Morgan fingerprint density at radius 2 is 0.479 bits per heavy atom. The second-order valence-electron chi connectivity index (χ2n) is 38.3. The molecule has 0 fully saturated rings. The Morgan fingerprint density at radius 3 is 0.910 bits per heavy atom. The summed E-state index contributed by atoms with van der Waals surface area (Å²) >= 11 is 3.69. The summed E-state index contributed by atoms with van der Waals surface area (Å²) in [5.74, 6) is 3.63. The summed E-state index contributed by atoms with van der Waals surface area (Å²) < 4.78 is 21.7. The fraction of sp³-hybridized carbons (Fsp3) is 0.0294. The number of hydrogen-bond acceptors (Lipinski definition) is 2. The first-order valence-corrected chi connectivity index (χ1v) is 54.2. The molecule has 5 nitrogen and oxygen atoms in total. The largest absolute Gasteiger partial charge is 0.457 e. The van der Waals surface area contributed by atoms with Gasteiger partial charge in [-0.05, 0) is 224 Å². The van der Waals surface area contributed by atoms with Crippen LogP contribution in [0.2, 0.25) is 0 Å². The van der Waals surface area contributed by atoms with Crippen LogP contribution in [0.5, 0.6) is 23.0 Å². The molecule has 2 aliphatic heterocycles. The first-order valence-electron chi connectivity index (χ1n) is 49.4. The van der Waals surface area contributed by atoms with Crippen molar-refractivity contribution in [3.63, 3.8) is 0 Å². The Morgan fingerprint density at radius 1 is 0.188 bits per heavy atom. The second-order valence-corrected chi connectivity index (χ2v) is 46.8. The Kier molecular flexibility index (Phi) is 20.5. The highest BCUT2D eigenvalue weighted by molar-refractivity contribution is 9.10. The van der Waals surface area contributed by atoms with Crippen LogP contribution in [0.3, 0.4) is 0 Å². The van der Waals surface area contributed by atoms with Gasteiger partial charge in [0.2, 0.25) is 0 Å². The third kappa shape index (κ3) is 12.8. The standard InChI is InChI=1S/C67H44N2OSi.C43H31NSi.C25H15BrO.CH4/c1-4-20-47(21-5-1)71(48-22-6-2-7-23-48,49-24-8-3-9-25-49)50-38-39-55-53-28-12-17-33-61(53)69(64(55)44-50)45-36-40-63-56(42-45)54-29-13-18-34-62(54)68(63)46-37-41-66-60(43-46)67(59-32-16-19-35-65(59)70-66)57-30-14-10-26-51(57)52-27-11-15-31-58(52)67;1-4-15-34(16-5-1)45(35-17-6-2-7-18-35,36-19-8-3-9-20-36)37-26-27-40-39-22-12-13-23-42(39)44(43(40)30-37)33-25-24-32-28-31-14-10-11-21-38(31)41(32)29-33;26-16-13-14-24-22(15-16)25(21-11-5-6-12-23(21)27-24)19-9-3-1-7-17(19)18-8-2-4-10-20(18)25;/h1-44H;1-27,29-30H,28H2;1-15H;1H4. The molecule has 22 aromatic carbocycles. The smallest absolute Gasteiger partial charge is 0.179 e. The van der Waals surface area contributed by atoms with Crippen LogP contribution in [0.25, 0.3) is 116 Å². The van der Waals surface area contributed by atoms with Crippen molar-refractivity contribution in [1.82, 2.24) is 13.7 Å². The van der Waals surface area contributed by atoms with Crippen molar-refractivity contribution >= 4 is 139 Å². The molecule has 3 aromatic heterocycles. The van der Waals surface area contributed by atoms with Gasteiger partial charge in [0.1, 0.15) is 23.0 Å². The van der Waals surface area contributed by atoms with Gasteiger partial charge >= 0.3 is 0 Å². The molecule has 25 aromatic rings. The summed E-state index contributed by atoms with van der Waals surface area (Å²) in [5.41, 5.74) is 30.3. The summed E-state index contributed by atoms with van der Waals surface area (Å²) in [7, 11) is -5.48. The number of ether oxygens (including phenoxy) is 2. The maximum Gasteiger partial charge on any atom is 0.179 e. The molecule has 144 heavy (non-hydrogen) atoms. The topological polar surface area (TPSA) is 33.2 Å². The van der Waals surface area contributed by atoms with E-state index in [2.05, 4.69) is 551 Å². The van der Waals surface area contributed by atoms with Gasteiger partial charge in [0.15, 0.2) is 16.1 Å². The Balaban J connectivity index is 0.000000120. The van der Waals surface area contributed by atoms with Crippen LogP contribution in [-0.2, 0) is 17.3 Å². The van der Waals surface area contributed by atoms with Crippen LogP contribution in [0.15, 0.2) is 538 Å². The van der Waals surface area contributed by atoms with Crippen LogP contribution < -0.4 is 51.0 Å². The van der Waals surface area contributed by atoms with E-state index in [1.54, 1.807) is 0 Å². The first kappa shape index (κ1) is 85.9. The maximum absolute atomic E-state index is 6.86. The van der Waals surface area contributed by atoms with E-state index in [1.165, 1.54) is 185 Å². The molecule has 0 atom stereocenters. The van der Waals surface area contributed by atoms with Crippen molar-refractivity contribution in [2.24, 2.45) is 0 Å². The minimum Gasteiger partial charge on any atom is -0.457 e. The fourth-order valence-corrected chi connectivity index (χ4v) is 35.4. The lowest BCUT2D eigenvalue weighted by atomic mass is 9.66. The minimum atomic E-state index is -2.81. The maximum atomic E-state index is 6.86. The highest BCUT2D eigenvalue weighted by Crippen LogP contribution is 2.65. The van der Waals surface area contributed by atoms with Gasteiger partial charge in [-0.2, -0.15) is 0 Å². The molecule has 0 radical (unpaired) electrons. The lowest BCUT2D eigenvalue weighted by Crippen LogP contribution is -2.74. The average Bonchev–Trinajstić information content (AvgIpc) is 1.52. The highest BCUT2D eigenvalue weighted by Gasteiger charge is 2.54. The van der Waals surface area contributed by atoms with Crippen LogP contribution in [0.1, 0.15) is 63.1 Å². The van der Waals surface area contributed by atoms with Gasteiger partial charge in [-0.3, -0.25) is 0 Å². The van der Waals surface area contributed by atoms with E-state index in [1.807, 2.05) is 12.1 Å². The Bertz CT molecular complexity index is 9140. The van der Waals surface area contributed by atoms with Crippen LogP contribution >= 0.6 is 15.9 Å². The summed E-state index contributed by atoms with van der Waals surface area (Å²) in [6.45, 7) is 0. The molecule has 0 saturated heterocycles. The third-order valence-electron chi connectivity index (χ3n) is 31.3. The SMILES string of the molecule is Brc1ccc2c(c1)C1(c3ccccc3O2)c2ccccc2-c2ccccc21.C.c1ccc([Si](c2ccccc2)(c2ccccc2)c2ccc3c4ccccc4n(-c4ccc5c(c4)-c4ccccc4C5)c3c2)cc1.c1ccc([Si](c2ccccc2)(c2ccccc2)c2ccc3c4ccccc4n(-c4ccc5c(c4)c4ccccc4n5-c4ccc5c(c4)C4(c6ccccc6O5)c5ccccc5-c5ccccc54)c3c2)cc1. The summed E-state index contributed by atoms with van der Waals surface area (Å²) in [4.78, 5) is 0. The molecule has 680 valence electrons. The number of rotatable bonds is 11. The van der Waals surface area contributed by atoms with Crippen molar-refractivity contribution in [3.8, 4) is 73.4 Å². The number of hydrogen-bond donors (Lipinski definition) is 0. The third-order valence-corrected chi connectivity index (χ3v) is 41.3. The van der Waals surface area contributed by atoms with Crippen LogP contribution in [0.4, 0.5) is 0 Å². The number of halogens is 1. The quantitative estimate of drug-likeness (QED) is 0.0955. The van der Waals surface area contributed by atoms with Crippen molar-refractivity contribution < 1.29 is 9.47 Å². The number of aromatic nitrogens is 3. The number of nitrogens with zero attached hydrogens (tertiary/aromatic N) is 3. The molecule has 0 unspecified atom stereocenters. The van der Waals surface area contributed by atoms with Crippen molar-refractivity contribution in [2.45, 2.75) is 24.7 Å². The van der Waals surface area contributed by atoms with Crippen LogP contribution in [0, 0.1) is 0 Å². The molecule has 2 spiro atoms. The molecular weight excluding hydrogens is 1840 g/mol. The fourth-order valence-electron chi connectivity index (χ4n) is 25.5. The van der Waals surface area contributed by atoms with E-state index in [0.29, 0.717) is 0 Å². The van der Waals surface area contributed by atoms with Crippen molar-refractivity contribution in [1.29, 1.82) is 0 Å². The molecule has 5 aliphatic rings. The molecule has 0 amide bonds. The average molecular weight is 1940 g/mol. The predicted molar refractivity (Wildman–Crippen MR) is 607 cm³/mol. The zero-order valence-electron chi connectivity index (χ0n) is 78.1. The van der Waals surface area contributed by atoms with E-state index in [4.69, 9.17) is 9.47 Å². The molecule has 5 heterocycles. The predicted octanol–water partition coefficient (Wildman–Crippen LogP) is 29.0. The van der Waals surface area contributed by atoms with Crippen LogP contribution in [-0.4, -0.2) is 29.8 Å². The number of benzene rings is 22. The van der Waals surface area contributed by atoms with E-state index in [-0.39, 0.29) is 12.8 Å². The highest BCUT2D eigenvalue weighted by atomic mass is 79.9. The van der Waals surface area contributed by atoms with E-state index in [9.17, 15) is 0 Å². The normalized spacial score (nSPS) is 13.2. The van der Waals surface area contributed by atoms with Crippen molar-refractivity contribution in [2.75, 3.05) is 0 Å². The molecule has 3 aliphatic carbocycles. The first-order chi connectivity index (χ1) is 70.8. The molecule has 0 N–H and O–H groups in total. The number of para-hydroxylation sites is 5.